The number of carboxylic acids is 1. The third kappa shape index (κ3) is 6.36. The first kappa shape index (κ1) is 26.6. The zero-order valence-electron chi connectivity index (χ0n) is 20.4. The van der Waals surface area contributed by atoms with E-state index < -0.39 is 28.7 Å². The lowest BCUT2D eigenvalue weighted by Gasteiger charge is -2.32. The Labute approximate surface area is 212 Å². The number of thiol groups is 1. The van der Waals surface area contributed by atoms with Crippen molar-refractivity contribution in [1.82, 2.24) is 10.6 Å². The molecule has 3 N–H and O–H groups in total. The van der Waals surface area contributed by atoms with E-state index in [1.807, 2.05) is 62.4 Å². The summed E-state index contributed by atoms with van der Waals surface area (Å²) in [6.45, 7) is 3.77. The summed E-state index contributed by atoms with van der Waals surface area (Å²) in [5.41, 5.74) is 1.55. The van der Waals surface area contributed by atoms with Crippen LogP contribution in [0, 0.1) is 5.92 Å². The van der Waals surface area contributed by atoms with Crippen molar-refractivity contribution in [2.45, 2.75) is 62.8 Å². The number of methoxy groups -OCH3 is 1. The molecule has 1 fully saturated rings. The van der Waals surface area contributed by atoms with Crippen LogP contribution in [0.3, 0.4) is 0 Å². The molecule has 8 heteroatoms. The molecular formula is C27H34N2O5S. The van der Waals surface area contributed by atoms with Crippen molar-refractivity contribution < 1.29 is 24.2 Å². The van der Waals surface area contributed by atoms with Gasteiger partial charge in [0.15, 0.2) is 0 Å². The van der Waals surface area contributed by atoms with Gasteiger partial charge < -0.3 is 20.5 Å². The number of hydrogen-bond donors (Lipinski definition) is 4. The Morgan fingerprint density at radius 3 is 2.26 bits per heavy atom. The summed E-state index contributed by atoms with van der Waals surface area (Å²) in [6.07, 6.45) is 2.65. The molecule has 2 unspecified atom stereocenters. The summed E-state index contributed by atoms with van der Waals surface area (Å²) < 4.78 is 5.42. The van der Waals surface area contributed by atoms with Gasteiger partial charge in [-0.3, -0.25) is 9.59 Å². The van der Waals surface area contributed by atoms with E-state index in [1.165, 1.54) is 0 Å². The normalized spacial score (nSPS) is 16.4. The molecule has 0 heterocycles. The molecule has 3 rings (SSSR count). The number of carboxylic acid groups (broad SMARTS) is 1. The van der Waals surface area contributed by atoms with Gasteiger partial charge >= 0.3 is 5.97 Å². The van der Waals surface area contributed by atoms with Crippen LogP contribution in [0.5, 0.6) is 5.75 Å². The number of carbonyl (C=O) groups excluding carboxylic acids is 2. The Morgan fingerprint density at radius 1 is 1.06 bits per heavy atom. The maximum absolute atomic E-state index is 13.3. The predicted molar refractivity (Wildman–Crippen MR) is 139 cm³/mol. The van der Waals surface area contributed by atoms with Crippen LogP contribution in [0.25, 0.3) is 11.1 Å². The number of para-hydroxylation sites is 1. The molecule has 0 radical (unpaired) electrons. The number of aliphatic carboxylic acids is 1. The summed E-state index contributed by atoms with van der Waals surface area (Å²) in [4.78, 5) is 38.0. The zero-order valence-corrected chi connectivity index (χ0v) is 21.3. The van der Waals surface area contributed by atoms with Gasteiger partial charge in [0, 0.05) is 12.0 Å². The molecule has 0 aliphatic heterocycles. The van der Waals surface area contributed by atoms with Crippen LogP contribution in [0.15, 0.2) is 48.5 Å². The summed E-state index contributed by atoms with van der Waals surface area (Å²) in [5.74, 6) is -1.13. The first-order valence-electron chi connectivity index (χ1n) is 11.9. The average molecular weight is 499 g/mol. The number of carbonyl (C=O) groups is 3. The van der Waals surface area contributed by atoms with Gasteiger partial charge in [-0.25, -0.2) is 4.79 Å². The quantitative estimate of drug-likeness (QED) is 0.373. The lowest BCUT2D eigenvalue weighted by Crippen LogP contribution is -2.61. The molecule has 1 aliphatic carbocycles. The predicted octanol–water partition coefficient (Wildman–Crippen LogP) is 3.86. The van der Waals surface area contributed by atoms with Crippen molar-refractivity contribution in [3.05, 3.63) is 54.1 Å². The highest BCUT2D eigenvalue weighted by Gasteiger charge is 2.44. The molecule has 0 bridgehead atoms. The first-order chi connectivity index (χ1) is 16.7. The molecule has 35 heavy (non-hydrogen) atoms. The highest BCUT2D eigenvalue weighted by atomic mass is 32.1. The van der Waals surface area contributed by atoms with E-state index in [1.54, 1.807) is 7.11 Å². The van der Waals surface area contributed by atoms with Gasteiger partial charge in [-0.05, 0) is 36.0 Å². The fraction of sp³-hybridized carbons (Fsp3) is 0.444. The minimum atomic E-state index is -1.12. The maximum atomic E-state index is 13.3. The topological polar surface area (TPSA) is 105 Å². The maximum Gasteiger partial charge on any atom is 0.326 e. The number of amides is 2. The van der Waals surface area contributed by atoms with Gasteiger partial charge in [0.1, 0.15) is 17.3 Å². The lowest BCUT2D eigenvalue weighted by molar-refractivity contribution is -0.143. The zero-order chi connectivity index (χ0) is 25.6. The molecule has 2 aromatic carbocycles. The highest BCUT2D eigenvalue weighted by molar-refractivity contribution is 7.81. The monoisotopic (exact) mass is 498 g/mol. The van der Waals surface area contributed by atoms with Crippen LogP contribution in [0.4, 0.5) is 0 Å². The second-order valence-corrected chi connectivity index (χ2v) is 9.99. The summed E-state index contributed by atoms with van der Waals surface area (Å²) in [7, 11) is 1.62. The van der Waals surface area contributed by atoms with Crippen LogP contribution in [0.2, 0.25) is 0 Å². The van der Waals surface area contributed by atoms with Crippen molar-refractivity contribution >= 4 is 30.4 Å². The molecule has 1 saturated carbocycles. The smallest absolute Gasteiger partial charge is 0.326 e. The molecule has 0 aromatic heterocycles. The van der Waals surface area contributed by atoms with Crippen molar-refractivity contribution in [1.29, 1.82) is 0 Å². The summed E-state index contributed by atoms with van der Waals surface area (Å²) >= 11 is 4.37. The Hall–Kier alpha value is -3.00. The number of rotatable bonds is 10. The molecule has 2 atom stereocenters. The average Bonchev–Trinajstić information content (AvgIpc) is 3.33. The minimum Gasteiger partial charge on any atom is -0.496 e. The third-order valence-electron chi connectivity index (χ3n) is 6.57. The molecule has 7 nitrogen and oxygen atoms in total. The summed E-state index contributed by atoms with van der Waals surface area (Å²) in [6, 6.07) is 14.1. The minimum absolute atomic E-state index is 0.00504. The van der Waals surface area contributed by atoms with Gasteiger partial charge in [-0.2, -0.15) is 12.6 Å². The largest absolute Gasteiger partial charge is 0.496 e. The van der Waals surface area contributed by atoms with Crippen LogP contribution in [-0.2, 0) is 20.8 Å². The van der Waals surface area contributed by atoms with Crippen LogP contribution in [0.1, 0.15) is 45.1 Å². The Morgan fingerprint density at radius 2 is 1.69 bits per heavy atom. The van der Waals surface area contributed by atoms with E-state index in [2.05, 4.69) is 23.3 Å². The van der Waals surface area contributed by atoms with Gasteiger partial charge in [0.05, 0.1) is 12.4 Å². The number of benzene rings is 2. The number of ether oxygens (including phenoxy) is 1. The molecule has 2 aromatic rings. The van der Waals surface area contributed by atoms with Gasteiger partial charge in [0.2, 0.25) is 11.8 Å². The van der Waals surface area contributed by atoms with Crippen LogP contribution >= 0.6 is 12.6 Å². The second-order valence-electron chi connectivity index (χ2n) is 9.43. The Bertz CT molecular complexity index is 1050. The van der Waals surface area contributed by atoms with E-state index >= 15 is 0 Å². The Kier molecular flexibility index (Phi) is 8.83. The van der Waals surface area contributed by atoms with Crippen molar-refractivity contribution in [2.75, 3.05) is 7.11 Å². The molecule has 1 aliphatic rings. The van der Waals surface area contributed by atoms with Crippen LogP contribution in [-0.4, -0.2) is 46.8 Å². The van der Waals surface area contributed by atoms with Gasteiger partial charge in [-0.15, -0.1) is 0 Å². The SMILES string of the molecule is COc1ccccc1-c1ccc(CC(NC(=O)C2(NC(=O)C(S)C(C)C)CCCC2)C(=O)O)cc1. The number of nitrogens with one attached hydrogen (secondary N) is 2. The van der Waals surface area contributed by atoms with E-state index in [4.69, 9.17) is 4.74 Å². The summed E-state index contributed by atoms with van der Waals surface area (Å²) in [5, 5.41) is 14.9. The van der Waals surface area contributed by atoms with Gasteiger partial charge in [-0.1, -0.05) is 69.2 Å². The third-order valence-corrected chi connectivity index (χ3v) is 7.40. The fourth-order valence-electron chi connectivity index (χ4n) is 4.44. The van der Waals surface area contributed by atoms with E-state index in [0.29, 0.717) is 12.8 Å². The van der Waals surface area contributed by atoms with Crippen LogP contribution < -0.4 is 15.4 Å². The van der Waals surface area contributed by atoms with E-state index in [-0.39, 0.29) is 18.2 Å². The molecule has 188 valence electrons. The number of hydrogen-bond acceptors (Lipinski definition) is 5. The fourth-order valence-corrected chi connectivity index (χ4v) is 4.50. The van der Waals surface area contributed by atoms with Crippen molar-refractivity contribution in [3.8, 4) is 16.9 Å². The second kappa shape index (κ2) is 11.6. The van der Waals surface area contributed by atoms with Crippen molar-refractivity contribution in [3.63, 3.8) is 0 Å². The molecule has 0 spiro atoms. The lowest BCUT2D eigenvalue weighted by atomic mass is 9.94. The van der Waals surface area contributed by atoms with E-state index in [0.717, 1.165) is 35.3 Å². The molecule has 2 amide bonds. The van der Waals surface area contributed by atoms with Crippen molar-refractivity contribution in [2.24, 2.45) is 5.92 Å². The first-order valence-corrected chi connectivity index (χ1v) is 12.4. The van der Waals surface area contributed by atoms with E-state index in [9.17, 15) is 19.5 Å². The molecular weight excluding hydrogens is 464 g/mol. The molecule has 0 saturated heterocycles. The Balaban J connectivity index is 1.73. The standard InChI is InChI=1S/C27H34N2O5S/c1-17(2)23(35)24(30)29-27(14-6-7-15-27)26(33)28-21(25(31)32)16-18-10-12-19(13-11-18)20-8-4-5-9-22(20)34-3/h4-5,8-13,17,21,23,35H,6-7,14-16H2,1-3H3,(H,28,33)(H,29,30)(H,31,32). The highest BCUT2D eigenvalue weighted by Crippen LogP contribution is 2.32. The van der Waals surface area contributed by atoms with Gasteiger partial charge in [0.25, 0.3) is 0 Å².